The lowest BCUT2D eigenvalue weighted by molar-refractivity contribution is -0.385. The fourth-order valence-corrected chi connectivity index (χ4v) is 2.50. The molecule has 1 aromatic heterocycles. The van der Waals surface area contributed by atoms with Crippen LogP contribution in [-0.4, -0.2) is 9.91 Å². The summed E-state index contributed by atoms with van der Waals surface area (Å²) in [7, 11) is 0. The lowest BCUT2D eigenvalue weighted by Gasteiger charge is -2.13. The van der Waals surface area contributed by atoms with Crippen LogP contribution in [0, 0.1) is 10.1 Å². The number of halogens is 4. The zero-order chi connectivity index (χ0) is 15.6. The number of anilines is 1. The Morgan fingerprint density at radius 1 is 1.43 bits per heavy atom. The van der Waals surface area contributed by atoms with Crippen LogP contribution >= 0.6 is 22.9 Å². The van der Waals surface area contributed by atoms with Gasteiger partial charge in [-0.1, -0.05) is 11.6 Å². The summed E-state index contributed by atoms with van der Waals surface area (Å²) >= 11 is 6.76. The molecule has 0 saturated carbocycles. The van der Waals surface area contributed by atoms with E-state index in [2.05, 4.69) is 10.3 Å². The molecule has 0 amide bonds. The summed E-state index contributed by atoms with van der Waals surface area (Å²) in [6.07, 6.45) is -3.25. The number of nitro benzene ring substituents is 1. The van der Waals surface area contributed by atoms with E-state index < -0.39 is 22.4 Å². The molecule has 0 saturated heterocycles. The van der Waals surface area contributed by atoms with Crippen LogP contribution in [0.5, 0.6) is 0 Å². The molecule has 5 nitrogen and oxygen atoms in total. The minimum absolute atomic E-state index is 0.0886. The van der Waals surface area contributed by atoms with E-state index in [1.54, 1.807) is 0 Å². The summed E-state index contributed by atoms with van der Waals surface area (Å²) in [6.45, 7) is 0.0886. The number of benzene rings is 1. The molecule has 0 radical (unpaired) electrons. The van der Waals surface area contributed by atoms with Gasteiger partial charge in [-0.3, -0.25) is 10.1 Å². The molecule has 0 unspecified atom stereocenters. The van der Waals surface area contributed by atoms with Crippen molar-refractivity contribution in [3.8, 4) is 0 Å². The number of thiazole rings is 1. The molecule has 0 fully saturated rings. The van der Waals surface area contributed by atoms with Crippen molar-refractivity contribution in [3.05, 3.63) is 49.4 Å². The average Bonchev–Trinajstić information content (AvgIpc) is 2.81. The summed E-state index contributed by atoms with van der Waals surface area (Å²) < 4.78 is 39.1. The molecular weight excluding hydrogens is 331 g/mol. The molecule has 0 atom stereocenters. The number of rotatable bonds is 4. The number of non-ortho nitro benzene ring substituents is 1. The van der Waals surface area contributed by atoms with Crippen LogP contribution in [0.2, 0.25) is 4.47 Å². The second kappa shape index (κ2) is 5.86. The van der Waals surface area contributed by atoms with Crippen molar-refractivity contribution in [2.75, 3.05) is 5.32 Å². The van der Waals surface area contributed by atoms with Crippen LogP contribution in [0.15, 0.2) is 24.4 Å². The van der Waals surface area contributed by atoms with Gasteiger partial charge >= 0.3 is 6.18 Å². The van der Waals surface area contributed by atoms with Crippen LogP contribution in [0.4, 0.5) is 24.5 Å². The van der Waals surface area contributed by atoms with Gasteiger partial charge in [0.1, 0.15) is 0 Å². The quantitative estimate of drug-likeness (QED) is 0.665. The van der Waals surface area contributed by atoms with Gasteiger partial charge in [0.2, 0.25) is 0 Å². The van der Waals surface area contributed by atoms with Gasteiger partial charge in [0.15, 0.2) is 4.47 Å². The molecule has 0 aliphatic rings. The molecule has 10 heteroatoms. The van der Waals surface area contributed by atoms with E-state index in [0.717, 1.165) is 23.5 Å². The van der Waals surface area contributed by atoms with E-state index in [-0.39, 0.29) is 16.7 Å². The SMILES string of the molecule is O=[N+]([O-])c1ccc(NCc2cnc(Cl)s2)c(C(F)(F)F)c1. The average molecular weight is 338 g/mol. The zero-order valence-corrected chi connectivity index (χ0v) is 11.7. The predicted molar refractivity (Wildman–Crippen MR) is 72.5 cm³/mol. The Hall–Kier alpha value is -1.87. The van der Waals surface area contributed by atoms with E-state index in [4.69, 9.17) is 11.6 Å². The van der Waals surface area contributed by atoms with E-state index in [1.807, 2.05) is 0 Å². The Morgan fingerprint density at radius 3 is 2.67 bits per heavy atom. The minimum Gasteiger partial charge on any atom is -0.380 e. The molecule has 2 rings (SSSR count). The van der Waals surface area contributed by atoms with Gasteiger partial charge in [0.25, 0.3) is 5.69 Å². The standard InChI is InChI=1S/C11H7ClF3N3O2S/c12-10-17-5-7(21-10)4-16-9-2-1-6(18(19)20)3-8(9)11(13,14)15/h1-3,5,16H,4H2. The third kappa shape index (κ3) is 3.82. The Balaban J connectivity index is 2.27. The maximum Gasteiger partial charge on any atom is 0.418 e. The summed E-state index contributed by atoms with van der Waals surface area (Å²) in [5.41, 5.74) is -1.95. The van der Waals surface area contributed by atoms with Gasteiger partial charge in [-0.15, -0.1) is 11.3 Å². The molecule has 112 valence electrons. The van der Waals surface area contributed by atoms with Crippen molar-refractivity contribution in [2.24, 2.45) is 0 Å². The lowest BCUT2D eigenvalue weighted by atomic mass is 10.1. The second-order valence-electron chi connectivity index (χ2n) is 3.92. The van der Waals surface area contributed by atoms with Gasteiger partial charge < -0.3 is 5.32 Å². The van der Waals surface area contributed by atoms with E-state index in [0.29, 0.717) is 10.9 Å². The van der Waals surface area contributed by atoms with Crippen molar-refractivity contribution >= 4 is 34.3 Å². The first-order chi connectivity index (χ1) is 9.77. The van der Waals surface area contributed by atoms with Gasteiger partial charge in [0, 0.05) is 28.9 Å². The Kier molecular flexibility index (Phi) is 4.33. The van der Waals surface area contributed by atoms with Crippen LogP contribution in [0.1, 0.15) is 10.4 Å². The van der Waals surface area contributed by atoms with E-state index in [9.17, 15) is 23.3 Å². The predicted octanol–water partition coefficient (Wildman–Crippen LogP) is 4.34. The summed E-state index contributed by atoms with van der Waals surface area (Å²) in [6, 6.07) is 2.54. The highest BCUT2D eigenvalue weighted by Crippen LogP contribution is 2.37. The molecule has 1 heterocycles. The fraction of sp³-hybridized carbons (Fsp3) is 0.182. The maximum absolute atomic E-state index is 12.9. The number of nitro groups is 1. The first kappa shape index (κ1) is 15.5. The monoisotopic (exact) mass is 337 g/mol. The summed E-state index contributed by atoms with van der Waals surface area (Å²) in [5, 5.41) is 13.2. The molecule has 0 aliphatic carbocycles. The smallest absolute Gasteiger partial charge is 0.380 e. The fourth-order valence-electron chi connectivity index (χ4n) is 1.58. The van der Waals surface area contributed by atoms with Crippen molar-refractivity contribution in [3.63, 3.8) is 0 Å². The van der Waals surface area contributed by atoms with Crippen LogP contribution < -0.4 is 5.32 Å². The van der Waals surface area contributed by atoms with Gasteiger partial charge in [-0.2, -0.15) is 13.2 Å². The number of alkyl halides is 3. The second-order valence-corrected chi connectivity index (χ2v) is 5.62. The number of nitrogens with zero attached hydrogens (tertiary/aromatic N) is 2. The number of aromatic nitrogens is 1. The summed E-state index contributed by atoms with van der Waals surface area (Å²) in [5.74, 6) is 0. The third-order valence-corrected chi connectivity index (χ3v) is 3.61. The van der Waals surface area contributed by atoms with Gasteiger partial charge in [-0.25, -0.2) is 4.98 Å². The Morgan fingerprint density at radius 2 is 2.14 bits per heavy atom. The Labute approximate surface area is 125 Å². The van der Waals surface area contributed by atoms with Gasteiger partial charge in [0.05, 0.1) is 17.0 Å². The molecular formula is C11H7ClF3N3O2S. The first-order valence-electron chi connectivity index (χ1n) is 5.47. The molecule has 21 heavy (non-hydrogen) atoms. The molecule has 0 bridgehead atoms. The van der Waals surface area contributed by atoms with Crippen LogP contribution in [0.3, 0.4) is 0 Å². The highest BCUT2D eigenvalue weighted by atomic mass is 35.5. The van der Waals surface area contributed by atoms with Crippen LogP contribution in [0.25, 0.3) is 0 Å². The van der Waals surface area contributed by atoms with Crippen molar-refractivity contribution < 1.29 is 18.1 Å². The van der Waals surface area contributed by atoms with E-state index >= 15 is 0 Å². The third-order valence-electron chi connectivity index (χ3n) is 2.50. The highest BCUT2D eigenvalue weighted by molar-refractivity contribution is 7.15. The largest absolute Gasteiger partial charge is 0.418 e. The number of hydrogen-bond donors (Lipinski definition) is 1. The van der Waals surface area contributed by atoms with Crippen molar-refractivity contribution in [2.45, 2.75) is 12.7 Å². The molecule has 2 aromatic rings. The van der Waals surface area contributed by atoms with Crippen molar-refractivity contribution in [1.82, 2.24) is 4.98 Å². The number of hydrogen-bond acceptors (Lipinski definition) is 5. The van der Waals surface area contributed by atoms with E-state index in [1.165, 1.54) is 6.20 Å². The topological polar surface area (TPSA) is 68.1 Å². The maximum atomic E-state index is 12.9. The lowest BCUT2D eigenvalue weighted by Crippen LogP contribution is -2.11. The highest BCUT2D eigenvalue weighted by Gasteiger charge is 2.35. The minimum atomic E-state index is -4.69. The number of nitrogens with one attached hydrogen (secondary N) is 1. The van der Waals surface area contributed by atoms with Gasteiger partial charge in [-0.05, 0) is 6.07 Å². The molecule has 1 aromatic carbocycles. The zero-order valence-electron chi connectivity index (χ0n) is 10.1. The first-order valence-corrected chi connectivity index (χ1v) is 6.66. The Bertz CT molecular complexity index is 675. The summed E-state index contributed by atoms with van der Waals surface area (Å²) in [4.78, 5) is 14.1. The molecule has 0 spiro atoms. The molecule has 0 aliphatic heterocycles. The van der Waals surface area contributed by atoms with Crippen molar-refractivity contribution in [1.29, 1.82) is 0 Å². The molecule has 1 N–H and O–H groups in total. The normalized spacial score (nSPS) is 11.4. The van der Waals surface area contributed by atoms with Crippen LogP contribution in [-0.2, 0) is 12.7 Å².